The van der Waals surface area contributed by atoms with Gasteiger partial charge in [-0.15, -0.1) is 11.3 Å². The summed E-state index contributed by atoms with van der Waals surface area (Å²) in [6.07, 6.45) is 3.13. The summed E-state index contributed by atoms with van der Waals surface area (Å²) in [5.74, 6) is -1.74. The van der Waals surface area contributed by atoms with Crippen LogP contribution < -0.4 is 0 Å². The zero-order chi connectivity index (χ0) is 30.4. The number of ketones is 1. The van der Waals surface area contributed by atoms with Crippen LogP contribution >= 0.6 is 11.3 Å². The maximum atomic E-state index is 13.9. The van der Waals surface area contributed by atoms with Crippen molar-refractivity contribution in [1.29, 1.82) is 0 Å². The summed E-state index contributed by atoms with van der Waals surface area (Å²) in [6.45, 7) is 11.4. The number of aryl methyl sites for hydroxylation is 1. The van der Waals surface area contributed by atoms with Crippen molar-refractivity contribution in [3.05, 3.63) is 32.1 Å². The molecule has 6 unspecified atom stereocenters. The number of hydrogen-bond donors (Lipinski definition) is 2. The first-order chi connectivity index (χ1) is 19.3. The number of carbonyl (C=O) groups excluding carboxylic acids is 2. The number of ether oxygens (including phenoxy) is 2. The molecule has 1 aromatic heterocycles. The van der Waals surface area contributed by atoms with Crippen LogP contribution in [0.4, 0.5) is 0 Å². The Hall–Kier alpha value is -2.30. The Morgan fingerprint density at radius 3 is 2.68 bits per heavy atom. The van der Waals surface area contributed by atoms with Gasteiger partial charge < -0.3 is 19.7 Å². The molecule has 11 heteroatoms. The van der Waals surface area contributed by atoms with E-state index in [2.05, 4.69) is 21.9 Å². The van der Waals surface area contributed by atoms with Crippen LogP contribution in [0.3, 0.4) is 0 Å². The zero-order valence-electron chi connectivity index (χ0n) is 25.2. The Morgan fingerprint density at radius 1 is 1.29 bits per heavy atom. The molecule has 7 atom stereocenters. The number of hydrogen-bond acceptors (Lipinski definition) is 9. The van der Waals surface area contributed by atoms with E-state index in [4.69, 9.17) is 15.0 Å². The number of unbranched alkanes of at least 4 members (excludes halogenated alkanes) is 1. The number of thiazole rings is 1. The molecule has 10 nitrogen and oxygen atoms in total. The highest BCUT2D eigenvalue weighted by molar-refractivity contribution is 7.09. The van der Waals surface area contributed by atoms with E-state index < -0.39 is 35.6 Å². The SMILES string of the molecule is C/C(=C\c1csc(C)n1)C1CC2O[C@]2(C)CCCC(C)C(O)C(CCCCN=[N+]=[N-])C(=O)C(C)(C)C(O)CC(=O)O1. The van der Waals surface area contributed by atoms with Gasteiger partial charge in [-0.1, -0.05) is 38.7 Å². The lowest BCUT2D eigenvalue weighted by Crippen LogP contribution is -2.46. The van der Waals surface area contributed by atoms with Crippen molar-refractivity contribution >= 4 is 29.2 Å². The molecule has 2 aliphatic rings. The average molecular weight is 591 g/mol. The molecule has 2 saturated heterocycles. The van der Waals surface area contributed by atoms with Gasteiger partial charge in [0.15, 0.2) is 0 Å². The zero-order valence-corrected chi connectivity index (χ0v) is 26.0. The van der Waals surface area contributed by atoms with Crippen molar-refractivity contribution in [3.63, 3.8) is 0 Å². The fourth-order valence-corrected chi connectivity index (χ4v) is 6.33. The van der Waals surface area contributed by atoms with Gasteiger partial charge in [-0.25, -0.2) is 4.98 Å². The first-order valence-corrected chi connectivity index (χ1v) is 15.6. The molecule has 0 saturated carbocycles. The van der Waals surface area contributed by atoms with E-state index in [0.717, 1.165) is 35.5 Å². The van der Waals surface area contributed by atoms with Gasteiger partial charge in [-0.3, -0.25) is 9.59 Å². The maximum absolute atomic E-state index is 13.9. The van der Waals surface area contributed by atoms with E-state index in [0.29, 0.717) is 32.2 Å². The number of azide groups is 1. The molecule has 41 heavy (non-hydrogen) atoms. The lowest BCUT2D eigenvalue weighted by Gasteiger charge is -2.36. The third-order valence-electron chi connectivity index (χ3n) is 8.84. The van der Waals surface area contributed by atoms with Gasteiger partial charge in [0, 0.05) is 29.2 Å². The smallest absolute Gasteiger partial charge is 0.309 e. The summed E-state index contributed by atoms with van der Waals surface area (Å²) in [6, 6.07) is 0. The maximum Gasteiger partial charge on any atom is 0.309 e. The second-order valence-corrected chi connectivity index (χ2v) is 13.6. The van der Waals surface area contributed by atoms with Gasteiger partial charge >= 0.3 is 5.97 Å². The molecule has 0 amide bonds. The standard InChI is InChI=1S/C30H46N4O6S/c1-18-10-9-12-30(6)25(40-30)15-23(19(2)14-21-17-41-20(3)33-21)39-26(36)16-24(35)29(4,5)28(38)22(27(18)37)11-7-8-13-32-34-31/h14,17-18,22-25,27,35,37H,7-13,15-16H2,1-6H3/b19-14+/t18?,22?,23?,24?,25?,27?,30-/m1/s1. The number of aliphatic hydroxyl groups is 2. The van der Waals surface area contributed by atoms with Crippen molar-refractivity contribution in [3.8, 4) is 0 Å². The monoisotopic (exact) mass is 590 g/mol. The Balaban J connectivity index is 1.85. The number of rotatable bonds is 7. The molecule has 2 N–H and O–H groups in total. The molecule has 2 aliphatic heterocycles. The fourth-order valence-electron chi connectivity index (χ4n) is 5.75. The van der Waals surface area contributed by atoms with E-state index in [-0.39, 0.29) is 29.8 Å². The number of aromatic nitrogens is 1. The normalized spacial score (nSPS) is 33.4. The fraction of sp³-hybridized carbons (Fsp3) is 0.767. The van der Waals surface area contributed by atoms with Crippen molar-refractivity contribution < 1.29 is 29.3 Å². The number of cyclic esters (lactones) is 1. The van der Waals surface area contributed by atoms with Crippen LogP contribution in [-0.4, -0.2) is 63.5 Å². The van der Waals surface area contributed by atoms with E-state index in [9.17, 15) is 19.8 Å². The van der Waals surface area contributed by atoms with Crippen LogP contribution in [0.2, 0.25) is 0 Å². The summed E-state index contributed by atoms with van der Waals surface area (Å²) in [7, 11) is 0. The van der Waals surface area contributed by atoms with E-state index in [1.54, 1.807) is 25.2 Å². The number of fused-ring (bicyclic) bond motifs is 1. The summed E-state index contributed by atoms with van der Waals surface area (Å²) in [5, 5.41) is 28.9. The quantitative estimate of drug-likeness (QED) is 0.0993. The van der Waals surface area contributed by atoms with Crippen molar-refractivity contribution in [2.45, 2.75) is 123 Å². The highest BCUT2D eigenvalue weighted by Gasteiger charge is 2.53. The Labute approximate surface area is 247 Å². The van der Waals surface area contributed by atoms with Gasteiger partial charge in [0.1, 0.15) is 11.9 Å². The average Bonchev–Trinajstić information content (AvgIpc) is 3.35. The Bertz CT molecular complexity index is 1150. The van der Waals surface area contributed by atoms with Gasteiger partial charge in [0.2, 0.25) is 0 Å². The predicted octanol–water partition coefficient (Wildman–Crippen LogP) is 5.94. The van der Waals surface area contributed by atoms with E-state index in [1.165, 1.54) is 0 Å². The van der Waals surface area contributed by atoms with Crippen molar-refractivity contribution in [2.24, 2.45) is 22.4 Å². The molecule has 0 radical (unpaired) electrons. The molecule has 0 spiro atoms. The third-order valence-corrected chi connectivity index (χ3v) is 9.63. The van der Waals surface area contributed by atoms with Crippen LogP contribution in [0.5, 0.6) is 0 Å². The van der Waals surface area contributed by atoms with Gasteiger partial charge in [0.05, 0.1) is 46.5 Å². The van der Waals surface area contributed by atoms with Crippen LogP contribution in [0.25, 0.3) is 16.5 Å². The molecule has 0 aliphatic carbocycles. The molecular weight excluding hydrogens is 544 g/mol. The van der Waals surface area contributed by atoms with Crippen molar-refractivity contribution in [1.82, 2.24) is 4.98 Å². The van der Waals surface area contributed by atoms with Crippen molar-refractivity contribution in [2.75, 3.05) is 6.54 Å². The highest BCUT2D eigenvalue weighted by Crippen LogP contribution is 2.45. The van der Waals surface area contributed by atoms with Crippen LogP contribution in [-0.2, 0) is 19.1 Å². The predicted molar refractivity (Wildman–Crippen MR) is 158 cm³/mol. The van der Waals surface area contributed by atoms with Crippen LogP contribution in [0.1, 0.15) is 96.7 Å². The van der Waals surface area contributed by atoms with E-state index in [1.807, 2.05) is 32.2 Å². The second-order valence-electron chi connectivity index (χ2n) is 12.5. The lowest BCUT2D eigenvalue weighted by atomic mass is 9.71. The van der Waals surface area contributed by atoms with E-state index >= 15 is 0 Å². The molecule has 228 valence electrons. The second kappa shape index (κ2) is 14.2. The number of carbonyl (C=O) groups is 2. The molecule has 1 aromatic rings. The molecule has 0 bridgehead atoms. The lowest BCUT2D eigenvalue weighted by molar-refractivity contribution is -0.154. The van der Waals surface area contributed by atoms with Gasteiger partial charge in [-0.05, 0) is 69.6 Å². The first-order valence-electron chi connectivity index (χ1n) is 14.7. The molecular formula is C30H46N4O6S. The minimum Gasteiger partial charge on any atom is -0.458 e. The molecule has 0 aromatic carbocycles. The minimum absolute atomic E-state index is 0.0827. The topological polar surface area (TPSA) is 158 Å². The summed E-state index contributed by atoms with van der Waals surface area (Å²) in [5.41, 5.74) is 8.55. The molecule has 3 rings (SSSR count). The largest absolute Gasteiger partial charge is 0.458 e. The first kappa shape index (κ1) is 33.2. The van der Waals surface area contributed by atoms with Gasteiger partial charge in [-0.2, -0.15) is 0 Å². The Kier molecular flexibility index (Phi) is 11.5. The summed E-state index contributed by atoms with van der Waals surface area (Å²) >= 11 is 1.55. The summed E-state index contributed by atoms with van der Waals surface area (Å²) in [4.78, 5) is 34.3. The highest BCUT2D eigenvalue weighted by atomic mass is 32.1. The van der Waals surface area contributed by atoms with Crippen LogP contribution in [0.15, 0.2) is 16.1 Å². The summed E-state index contributed by atoms with van der Waals surface area (Å²) < 4.78 is 12.0. The van der Waals surface area contributed by atoms with Gasteiger partial charge in [0.25, 0.3) is 0 Å². The third kappa shape index (κ3) is 8.85. The number of Topliss-reactive ketones (excluding diaryl/α,β-unsaturated/α-hetero) is 1. The van der Waals surface area contributed by atoms with Crippen LogP contribution in [0, 0.1) is 24.2 Å². The minimum atomic E-state index is -1.29. The number of nitrogens with zero attached hydrogens (tertiary/aromatic N) is 4. The number of esters is 1. The number of epoxide rings is 1. The molecule has 3 heterocycles. The Morgan fingerprint density at radius 2 is 2.02 bits per heavy atom. The number of aliphatic hydroxyl groups excluding tert-OH is 2. The molecule has 2 fully saturated rings.